The van der Waals surface area contributed by atoms with Gasteiger partial charge in [-0.2, -0.15) is 0 Å². The fourth-order valence-electron chi connectivity index (χ4n) is 6.47. The Labute approximate surface area is 259 Å². The second kappa shape index (κ2) is 15.2. The number of piperidine rings is 1. The molecule has 2 aliphatic rings. The highest BCUT2D eigenvalue weighted by Crippen LogP contribution is 2.27. The van der Waals surface area contributed by atoms with Crippen LogP contribution in [0.3, 0.4) is 0 Å². The van der Waals surface area contributed by atoms with Gasteiger partial charge in [-0.05, 0) is 74.0 Å². The quantitative estimate of drug-likeness (QED) is 0.317. The summed E-state index contributed by atoms with van der Waals surface area (Å²) in [6.45, 7) is 7.37. The first-order chi connectivity index (χ1) is 21.4. The molecule has 2 heterocycles. The molecule has 0 saturated carbocycles. The summed E-state index contributed by atoms with van der Waals surface area (Å²) >= 11 is 0. The molecule has 2 fully saturated rings. The van der Waals surface area contributed by atoms with E-state index >= 15 is 0 Å². The number of carbonyl (C=O) groups excluding carboxylic acids is 1. The van der Waals surface area contributed by atoms with Crippen LogP contribution in [0.25, 0.3) is 11.1 Å². The standard InChI is InChI=1S/C35H43FN4O4/c1-2-44-32-14-8-13-31(36)30(32)25-39-21-23-40(24-22-39)34(41)33(37-35(42)43)28-16-19-38(20-17-28)18-15-27-11-6-7-12-29(27)26-9-4-3-5-10-26/h3-14,28,33,37H,2,15-25H2,1H3,(H,42,43)/t33-/m1/s1. The topological polar surface area (TPSA) is 85.3 Å². The van der Waals surface area contributed by atoms with Crippen molar-refractivity contribution in [1.29, 1.82) is 0 Å². The number of rotatable bonds is 11. The van der Waals surface area contributed by atoms with Crippen LogP contribution in [-0.4, -0.2) is 90.3 Å². The lowest BCUT2D eigenvalue weighted by atomic mass is 9.88. The maximum absolute atomic E-state index is 14.6. The maximum atomic E-state index is 14.6. The zero-order valence-electron chi connectivity index (χ0n) is 25.5. The molecule has 0 unspecified atom stereocenters. The van der Waals surface area contributed by atoms with Crippen LogP contribution in [0.15, 0.2) is 72.8 Å². The number of likely N-dealkylation sites (tertiary alicyclic amines) is 1. The van der Waals surface area contributed by atoms with Crippen molar-refractivity contribution in [3.8, 4) is 16.9 Å². The van der Waals surface area contributed by atoms with Crippen LogP contribution in [-0.2, 0) is 17.8 Å². The molecule has 2 N–H and O–H groups in total. The third kappa shape index (κ3) is 7.95. The first kappa shape index (κ1) is 31.5. The first-order valence-electron chi connectivity index (χ1n) is 15.7. The minimum atomic E-state index is -1.18. The smallest absolute Gasteiger partial charge is 0.405 e. The van der Waals surface area contributed by atoms with Crippen LogP contribution in [0.2, 0.25) is 0 Å². The van der Waals surface area contributed by atoms with E-state index in [1.807, 2.05) is 13.0 Å². The van der Waals surface area contributed by atoms with Gasteiger partial charge in [0.2, 0.25) is 5.91 Å². The van der Waals surface area contributed by atoms with Crippen molar-refractivity contribution < 1.29 is 23.8 Å². The van der Waals surface area contributed by atoms with Crippen molar-refractivity contribution >= 4 is 12.0 Å². The van der Waals surface area contributed by atoms with E-state index < -0.39 is 12.1 Å². The van der Waals surface area contributed by atoms with Gasteiger partial charge in [0.1, 0.15) is 17.6 Å². The number of halogens is 1. The predicted octanol–water partition coefficient (Wildman–Crippen LogP) is 5.13. The molecule has 3 aromatic carbocycles. The SMILES string of the molecule is CCOc1cccc(F)c1CN1CCN(C(=O)[C@H](NC(=O)O)C2CCN(CCc3ccccc3-c3ccccc3)CC2)CC1. The fourth-order valence-corrected chi connectivity index (χ4v) is 6.47. The van der Waals surface area contributed by atoms with Gasteiger partial charge in [-0.25, -0.2) is 9.18 Å². The van der Waals surface area contributed by atoms with Crippen molar-refractivity contribution in [2.75, 3.05) is 52.4 Å². The Morgan fingerprint density at radius 2 is 1.61 bits per heavy atom. The molecule has 3 aromatic rings. The molecule has 2 aliphatic heterocycles. The van der Waals surface area contributed by atoms with Gasteiger partial charge in [0, 0.05) is 44.8 Å². The highest BCUT2D eigenvalue weighted by atomic mass is 19.1. The molecule has 9 heteroatoms. The Bertz CT molecular complexity index is 1390. The molecule has 5 rings (SSSR count). The van der Waals surface area contributed by atoms with Crippen LogP contribution in [0.5, 0.6) is 5.75 Å². The first-order valence-corrected chi connectivity index (χ1v) is 15.7. The number of amides is 2. The lowest BCUT2D eigenvalue weighted by Crippen LogP contribution is -2.58. The van der Waals surface area contributed by atoms with Crippen molar-refractivity contribution in [2.45, 2.75) is 38.8 Å². The van der Waals surface area contributed by atoms with Gasteiger partial charge in [-0.15, -0.1) is 0 Å². The molecular formula is C35H43FN4O4. The molecule has 234 valence electrons. The normalized spacial score (nSPS) is 17.3. The van der Waals surface area contributed by atoms with E-state index in [0.29, 0.717) is 50.6 Å². The lowest BCUT2D eigenvalue weighted by Gasteiger charge is -2.40. The Balaban J connectivity index is 1.14. The maximum Gasteiger partial charge on any atom is 0.405 e. The van der Waals surface area contributed by atoms with Gasteiger partial charge in [-0.3, -0.25) is 9.69 Å². The summed E-state index contributed by atoms with van der Waals surface area (Å²) in [5.41, 5.74) is 4.30. The fraction of sp³-hybridized carbons (Fsp3) is 0.429. The van der Waals surface area contributed by atoms with Gasteiger partial charge in [0.05, 0.1) is 6.61 Å². The predicted molar refractivity (Wildman–Crippen MR) is 169 cm³/mol. The summed E-state index contributed by atoms with van der Waals surface area (Å²) in [6, 6.07) is 23.0. The number of nitrogens with one attached hydrogen (secondary N) is 1. The molecular weight excluding hydrogens is 559 g/mol. The highest BCUT2D eigenvalue weighted by Gasteiger charge is 2.36. The molecule has 0 aromatic heterocycles. The zero-order valence-corrected chi connectivity index (χ0v) is 25.5. The number of nitrogens with zero attached hydrogens (tertiary/aromatic N) is 3. The van der Waals surface area contributed by atoms with Gasteiger partial charge < -0.3 is 25.0 Å². The van der Waals surface area contributed by atoms with E-state index in [-0.39, 0.29) is 17.6 Å². The summed E-state index contributed by atoms with van der Waals surface area (Å²) in [5.74, 6) is 0.0234. The summed E-state index contributed by atoms with van der Waals surface area (Å²) in [5, 5.41) is 12.2. The molecule has 1 atom stereocenters. The largest absolute Gasteiger partial charge is 0.493 e. The summed E-state index contributed by atoms with van der Waals surface area (Å²) in [7, 11) is 0. The number of benzene rings is 3. The average Bonchev–Trinajstić information content (AvgIpc) is 3.05. The van der Waals surface area contributed by atoms with Crippen LogP contribution in [0.1, 0.15) is 30.9 Å². The summed E-state index contributed by atoms with van der Waals surface area (Å²) < 4.78 is 20.2. The molecule has 8 nitrogen and oxygen atoms in total. The van der Waals surface area contributed by atoms with E-state index in [0.717, 1.165) is 38.9 Å². The molecule has 0 bridgehead atoms. The second-order valence-electron chi connectivity index (χ2n) is 11.6. The minimum absolute atomic E-state index is 0.0587. The van der Waals surface area contributed by atoms with E-state index in [1.165, 1.54) is 22.8 Å². The average molecular weight is 603 g/mol. The van der Waals surface area contributed by atoms with Crippen molar-refractivity contribution in [2.24, 2.45) is 5.92 Å². The van der Waals surface area contributed by atoms with Crippen LogP contribution in [0.4, 0.5) is 9.18 Å². The number of hydrogen-bond donors (Lipinski definition) is 2. The highest BCUT2D eigenvalue weighted by molar-refractivity contribution is 5.85. The Hall–Kier alpha value is -3.95. The Morgan fingerprint density at radius 3 is 2.32 bits per heavy atom. The minimum Gasteiger partial charge on any atom is -0.493 e. The molecule has 0 spiro atoms. The summed E-state index contributed by atoms with van der Waals surface area (Å²) in [6.07, 6.45) is 1.26. The number of ether oxygens (including phenoxy) is 1. The van der Waals surface area contributed by atoms with Gasteiger partial charge >= 0.3 is 6.09 Å². The van der Waals surface area contributed by atoms with E-state index in [9.17, 15) is 19.1 Å². The summed E-state index contributed by atoms with van der Waals surface area (Å²) in [4.78, 5) is 31.7. The number of hydrogen-bond acceptors (Lipinski definition) is 5. The van der Waals surface area contributed by atoms with Crippen LogP contribution >= 0.6 is 0 Å². The monoisotopic (exact) mass is 602 g/mol. The lowest BCUT2D eigenvalue weighted by molar-refractivity contribution is -0.137. The van der Waals surface area contributed by atoms with E-state index in [4.69, 9.17) is 4.74 Å². The van der Waals surface area contributed by atoms with E-state index in [1.54, 1.807) is 17.0 Å². The molecule has 2 saturated heterocycles. The molecule has 0 radical (unpaired) electrons. The third-order valence-corrected chi connectivity index (χ3v) is 8.89. The number of carbonyl (C=O) groups is 2. The van der Waals surface area contributed by atoms with Crippen LogP contribution in [0, 0.1) is 11.7 Å². The van der Waals surface area contributed by atoms with Crippen molar-refractivity contribution in [3.05, 3.63) is 89.7 Å². The van der Waals surface area contributed by atoms with Gasteiger partial charge in [0.25, 0.3) is 0 Å². The zero-order chi connectivity index (χ0) is 30.9. The van der Waals surface area contributed by atoms with Gasteiger partial charge in [-0.1, -0.05) is 60.7 Å². The van der Waals surface area contributed by atoms with Crippen molar-refractivity contribution in [1.82, 2.24) is 20.0 Å². The number of carboxylic acid groups (broad SMARTS) is 1. The third-order valence-electron chi connectivity index (χ3n) is 8.89. The Kier molecular flexibility index (Phi) is 10.9. The second-order valence-corrected chi connectivity index (χ2v) is 11.6. The molecule has 44 heavy (non-hydrogen) atoms. The Morgan fingerprint density at radius 1 is 0.909 bits per heavy atom. The molecule has 2 amide bonds. The van der Waals surface area contributed by atoms with Gasteiger partial charge in [0.15, 0.2) is 0 Å². The van der Waals surface area contributed by atoms with E-state index in [2.05, 4.69) is 63.6 Å². The van der Waals surface area contributed by atoms with Crippen LogP contribution < -0.4 is 10.1 Å². The molecule has 0 aliphatic carbocycles. The van der Waals surface area contributed by atoms with Crippen molar-refractivity contribution in [3.63, 3.8) is 0 Å². The number of piperazine rings is 1.